The summed E-state index contributed by atoms with van der Waals surface area (Å²) >= 11 is 5.89. The molecule has 0 unspecified atom stereocenters. The van der Waals surface area contributed by atoms with E-state index in [0.29, 0.717) is 15.9 Å². The molecule has 0 radical (unpaired) electrons. The van der Waals surface area contributed by atoms with Crippen molar-refractivity contribution in [3.63, 3.8) is 0 Å². The zero-order valence-electron chi connectivity index (χ0n) is 9.32. The lowest BCUT2D eigenvalue weighted by Gasteiger charge is -2.11. The molecule has 0 spiro atoms. The molecule has 2 rings (SSSR count). The number of rotatable bonds is 1. The number of hydrogen-bond acceptors (Lipinski definition) is 2. The molecule has 1 heterocycles. The minimum Gasteiger partial charge on any atom is -0.477 e. The molecule has 0 saturated carbocycles. The molecule has 88 valence electrons. The van der Waals surface area contributed by atoms with Gasteiger partial charge in [-0.1, -0.05) is 11.6 Å². The smallest absolute Gasteiger partial charge is 0.352 e. The van der Waals surface area contributed by atoms with Crippen LogP contribution in [0, 0.1) is 6.92 Å². The number of pyridine rings is 1. The summed E-state index contributed by atoms with van der Waals surface area (Å²) in [6.07, 6.45) is 0. The molecule has 4 nitrogen and oxygen atoms in total. The Bertz CT molecular complexity index is 688. The first-order valence-corrected chi connectivity index (χ1v) is 5.33. The monoisotopic (exact) mass is 251 g/mol. The van der Waals surface area contributed by atoms with E-state index < -0.39 is 5.97 Å². The summed E-state index contributed by atoms with van der Waals surface area (Å²) in [4.78, 5) is 22.8. The van der Waals surface area contributed by atoms with Gasteiger partial charge in [0.25, 0.3) is 0 Å². The number of aromatic nitrogens is 1. The van der Waals surface area contributed by atoms with E-state index >= 15 is 0 Å². The second kappa shape index (κ2) is 3.89. The number of halogens is 1. The molecule has 0 atom stereocenters. The average molecular weight is 252 g/mol. The van der Waals surface area contributed by atoms with Crippen molar-refractivity contribution in [2.75, 3.05) is 0 Å². The maximum absolute atomic E-state index is 11.8. The van der Waals surface area contributed by atoms with E-state index in [-0.39, 0.29) is 11.1 Å². The number of carbonyl (C=O) groups is 1. The van der Waals surface area contributed by atoms with Crippen LogP contribution in [0.1, 0.15) is 16.1 Å². The first kappa shape index (κ1) is 11.7. The summed E-state index contributed by atoms with van der Waals surface area (Å²) in [5, 5.41) is 9.91. The Balaban J connectivity index is 3.04. The molecule has 0 aliphatic carbocycles. The van der Waals surface area contributed by atoms with Crippen molar-refractivity contribution in [1.82, 2.24) is 4.57 Å². The molecule has 17 heavy (non-hydrogen) atoms. The van der Waals surface area contributed by atoms with Crippen LogP contribution in [0.2, 0.25) is 5.02 Å². The first-order valence-electron chi connectivity index (χ1n) is 4.95. The minimum absolute atomic E-state index is 0.0343. The molecule has 0 fully saturated rings. The Hall–Kier alpha value is -1.81. The SMILES string of the molecule is Cc1cc(Cl)cc2c(=O)cc(C(=O)O)n(C)c12. The fourth-order valence-electron chi connectivity index (χ4n) is 1.99. The molecule has 1 N–H and O–H groups in total. The third-order valence-electron chi connectivity index (χ3n) is 2.71. The maximum atomic E-state index is 11.8. The number of aromatic carboxylic acids is 1. The minimum atomic E-state index is -1.12. The topological polar surface area (TPSA) is 59.3 Å². The quantitative estimate of drug-likeness (QED) is 0.845. The van der Waals surface area contributed by atoms with Crippen LogP contribution in [0.4, 0.5) is 0 Å². The Labute approximate surface area is 102 Å². The lowest BCUT2D eigenvalue weighted by atomic mass is 10.1. The fourth-order valence-corrected chi connectivity index (χ4v) is 2.27. The van der Waals surface area contributed by atoms with Crippen molar-refractivity contribution in [1.29, 1.82) is 0 Å². The van der Waals surface area contributed by atoms with Gasteiger partial charge in [-0.05, 0) is 24.6 Å². The van der Waals surface area contributed by atoms with E-state index in [1.54, 1.807) is 26.1 Å². The molecular formula is C12H10ClNO3. The Morgan fingerprint density at radius 2 is 2.00 bits per heavy atom. The van der Waals surface area contributed by atoms with E-state index in [0.717, 1.165) is 11.6 Å². The van der Waals surface area contributed by atoms with Crippen LogP contribution < -0.4 is 5.43 Å². The van der Waals surface area contributed by atoms with Crippen molar-refractivity contribution < 1.29 is 9.90 Å². The Morgan fingerprint density at radius 3 is 2.59 bits per heavy atom. The Morgan fingerprint density at radius 1 is 1.35 bits per heavy atom. The molecular weight excluding hydrogens is 242 g/mol. The second-order valence-electron chi connectivity index (χ2n) is 3.88. The van der Waals surface area contributed by atoms with Crippen molar-refractivity contribution >= 4 is 28.5 Å². The number of hydrogen-bond donors (Lipinski definition) is 1. The van der Waals surface area contributed by atoms with Gasteiger partial charge in [-0.25, -0.2) is 4.79 Å². The summed E-state index contributed by atoms with van der Waals surface area (Å²) in [5.74, 6) is -1.12. The van der Waals surface area contributed by atoms with E-state index in [1.165, 1.54) is 4.57 Å². The van der Waals surface area contributed by atoms with Gasteiger partial charge in [0.05, 0.1) is 5.52 Å². The van der Waals surface area contributed by atoms with Crippen molar-refractivity contribution in [3.8, 4) is 0 Å². The zero-order chi connectivity index (χ0) is 12.7. The zero-order valence-corrected chi connectivity index (χ0v) is 10.1. The van der Waals surface area contributed by atoms with Gasteiger partial charge >= 0.3 is 5.97 Å². The number of nitrogens with zero attached hydrogens (tertiary/aromatic N) is 1. The Kier molecular flexibility index (Phi) is 2.67. The maximum Gasteiger partial charge on any atom is 0.352 e. The van der Waals surface area contributed by atoms with Crippen molar-refractivity contribution in [3.05, 3.63) is 44.7 Å². The molecule has 5 heteroatoms. The highest BCUT2D eigenvalue weighted by molar-refractivity contribution is 6.31. The summed E-state index contributed by atoms with van der Waals surface area (Å²) in [6.45, 7) is 1.79. The fraction of sp³-hybridized carbons (Fsp3) is 0.167. The van der Waals surface area contributed by atoms with Gasteiger partial charge < -0.3 is 9.67 Å². The number of carboxylic acids is 1. The van der Waals surface area contributed by atoms with Gasteiger partial charge in [0.15, 0.2) is 5.43 Å². The lowest BCUT2D eigenvalue weighted by molar-refractivity contribution is 0.0686. The third-order valence-corrected chi connectivity index (χ3v) is 2.93. The highest BCUT2D eigenvalue weighted by Gasteiger charge is 2.13. The molecule has 0 amide bonds. The summed E-state index contributed by atoms with van der Waals surface area (Å²) in [5.41, 5.74) is 1.00. The van der Waals surface area contributed by atoms with Gasteiger partial charge in [0.2, 0.25) is 0 Å². The van der Waals surface area contributed by atoms with Gasteiger partial charge in [-0.15, -0.1) is 0 Å². The highest BCUT2D eigenvalue weighted by Crippen LogP contribution is 2.21. The van der Waals surface area contributed by atoms with Crippen molar-refractivity contribution in [2.24, 2.45) is 7.05 Å². The molecule has 0 aliphatic heterocycles. The number of carboxylic acid groups (broad SMARTS) is 1. The number of benzene rings is 1. The van der Waals surface area contributed by atoms with Gasteiger partial charge in [0.1, 0.15) is 5.69 Å². The van der Waals surface area contributed by atoms with Crippen LogP contribution in [0.15, 0.2) is 23.0 Å². The first-order chi connectivity index (χ1) is 7.91. The molecule has 1 aromatic carbocycles. The normalized spacial score (nSPS) is 10.8. The predicted octanol–water partition coefficient (Wildman–Crippen LogP) is 2.20. The van der Waals surface area contributed by atoms with Crippen LogP contribution in [-0.4, -0.2) is 15.6 Å². The highest BCUT2D eigenvalue weighted by atomic mass is 35.5. The van der Waals surface area contributed by atoms with Crippen LogP contribution in [0.5, 0.6) is 0 Å². The third kappa shape index (κ3) is 1.80. The van der Waals surface area contributed by atoms with Gasteiger partial charge in [0, 0.05) is 23.5 Å². The van der Waals surface area contributed by atoms with Crippen LogP contribution in [0.3, 0.4) is 0 Å². The molecule has 0 saturated heterocycles. The van der Waals surface area contributed by atoms with Gasteiger partial charge in [-0.2, -0.15) is 0 Å². The van der Waals surface area contributed by atoms with Crippen LogP contribution >= 0.6 is 11.6 Å². The molecule has 0 bridgehead atoms. The summed E-state index contributed by atoms with van der Waals surface area (Å²) < 4.78 is 1.49. The average Bonchev–Trinajstić information content (AvgIpc) is 2.21. The molecule has 1 aromatic heterocycles. The van der Waals surface area contributed by atoms with Gasteiger partial charge in [-0.3, -0.25) is 4.79 Å². The number of fused-ring (bicyclic) bond motifs is 1. The van der Waals surface area contributed by atoms with E-state index in [9.17, 15) is 9.59 Å². The van der Waals surface area contributed by atoms with Crippen LogP contribution in [0.25, 0.3) is 10.9 Å². The van der Waals surface area contributed by atoms with E-state index in [2.05, 4.69) is 0 Å². The second-order valence-corrected chi connectivity index (χ2v) is 4.31. The largest absolute Gasteiger partial charge is 0.477 e. The van der Waals surface area contributed by atoms with Crippen molar-refractivity contribution in [2.45, 2.75) is 6.92 Å². The lowest BCUT2D eigenvalue weighted by Crippen LogP contribution is -2.16. The summed E-state index contributed by atoms with van der Waals surface area (Å²) in [6, 6.07) is 4.37. The number of aryl methyl sites for hydroxylation is 2. The van der Waals surface area contributed by atoms with E-state index in [1.807, 2.05) is 0 Å². The van der Waals surface area contributed by atoms with E-state index in [4.69, 9.17) is 16.7 Å². The molecule has 2 aromatic rings. The predicted molar refractivity (Wildman–Crippen MR) is 65.9 cm³/mol. The summed E-state index contributed by atoms with van der Waals surface area (Å²) in [7, 11) is 1.62. The standard InChI is InChI=1S/C12H10ClNO3/c1-6-3-7(13)4-8-10(15)5-9(12(16)17)14(2)11(6)8/h3-5H,1-2H3,(H,16,17). The van der Waals surface area contributed by atoms with Crippen LogP contribution in [-0.2, 0) is 7.05 Å². The molecule has 0 aliphatic rings.